The number of nitrogens with two attached hydrogens (primary N) is 1. The van der Waals surface area contributed by atoms with Crippen molar-refractivity contribution in [3.8, 4) is 0 Å². The molecule has 0 aliphatic heterocycles. The van der Waals surface area contributed by atoms with Gasteiger partial charge in [-0.3, -0.25) is 4.79 Å². The monoisotopic (exact) mass is 267 g/mol. The molecule has 2 aromatic carbocycles. The molecule has 3 rings (SSSR count). The van der Waals surface area contributed by atoms with Gasteiger partial charge in [-0.1, -0.05) is 44.0 Å². The van der Waals surface area contributed by atoms with Crippen LogP contribution < -0.4 is 5.73 Å². The Kier molecular flexibility index (Phi) is 3.47. The Bertz CT molecular complexity index is 639. The molecule has 0 spiro atoms. The first-order chi connectivity index (χ1) is 9.65. The zero-order valence-corrected chi connectivity index (χ0v) is 11.9. The maximum absolute atomic E-state index is 12.7. The lowest BCUT2D eigenvalue weighted by Crippen LogP contribution is -2.21. The molecule has 0 bridgehead atoms. The Hall–Kier alpha value is -1.83. The van der Waals surface area contributed by atoms with Gasteiger partial charge < -0.3 is 5.73 Å². The van der Waals surface area contributed by atoms with E-state index in [4.69, 9.17) is 5.73 Å². The van der Waals surface area contributed by atoms with Crippen LogP contribution in [-0.2, 0) is 0 Å². The van der Waals surface area contributed by atoms with Gasteiger partial charge in [-0.05, 0) is 41.7 Å². The Labute approximate surface area is 120 Å². The number of hydrogen-bond acceptors (Lipinski definition) is 2. The molecule has 1 saturated carbocycles. The van der Waals surface area contributed by atoms with Gasteiger partial charge >= 0.3 is 0 Å². The van der Waals surface area contributed by atoms with Crippen molar-refractivity contribution >= 4 is 22.2 Å². The van der Waals surface area contributed by atoms with Crippen LogP contribution in [-0.4, -0.2) is 5.78 Å². The minimum absolute atomic E-state index is 0.162. The van der Waals surface area contributed by atoms with Crippen molar-refractivity contribution in [1.29, 1.82) is 0 Å². The summed E-state index contributed by atoms with van der Waals surface area (Å²) in [6.45, 7) is 2.27. The summed E-state index contributed by atoms with van der Waals surface area (Å²) in [6.07, 6.45) is 4.33. The van der Waals surface area contributed by atoms with Crippen LogP contribution in [0.4, 0.5) is 5.69 Å². The molecule has 0 radical (unpaired) electrons. The van der Waals surface area contributed by atoms with Crippen molar-refractivity contribution in [2.45, 2.75) is 32.6 Å². The van der Waals surface area contributed by atoms with E-state index in [1.165, 1.54) is 0 Å². The Morgan fingerprint density at radius 3 is 2.30 bits per heavy atom. The van der Waals surface area contributed by atoms with E-state index >= 15 is 0 Å². The van der Waals surface area contributed by atoms with Crippen molar-refractivity contribution < 1.29 is 4.79 Å². The fourth-order valence-electron chi connectivity index (χ4n) is 3.21. The van der Waals surface area contributed by atoms with Crippen molar-refractivity contribution in [3.63, 3.8) is 0 Å². The van der Waals surface area contributed by atoms with Crippen LogP contribution in [0.25, 0.3) is 10.8 Å². The number of rotatable bonds is 2. The minimum Gasteiger partial charge on any atom is -0.398 e. The number of ketones is 1. The average molecular weight is 267 g/mol. The van der Waals surface area contributed by atoms with Gasteiger partial charge in [0.15, 0.2) is 5.78 Å². The maximum Gasteiger partial charge on any atom is 0.168 e. The van der Waals surface area contributed by atoms with Crippen LogP contribution in [0.5, 0.6) is 0 Å². The van der Waals surface area contributed by atoms with Gasteiger partial charge in [0.25, 0.3) is 0 Å². The van der Waals surface area contributed by atoms with Crippen LogP contribution in [0.3, 0.4) is 0 Å². The van der Waals surface area contributed by atoms with E-state index in [9.17, 15) is 4.79 Å². The van der Waals surface area contributed by atoms with E-state index in [1.54, 1.807) is 0 Å². The summed E-state index contributed by atoms with van der Waals surface area (Å²) in [6, 6.07) is 11.9. The second kappa shape index (κ2) is 5.28. The molecule has 1 aliphatic carbocycles. The molecular weight excluding hydrogens is 246 g/mol. The molecule has 0 unspecified atom stereocenters. The molecule has 2 heteroatoms. The lowest BCUT2D eigenvalue weighted by molar-refractivity contribution is 0.0877. The quantitative estimate of drug-likeness (QED) is 0.646. The molecule has 2 nitrogen and oxygen atoms in total. The van der Waals surface area contributed by atoms with Crippen LogP contribution >= 0.6 is 0 Å². The fourth-order valence-corrected chi connectivity index (χ4v) is 3.21. The van der Waals surface area contributed by atoms with Gasteiger partial charge in [-0.25, -0.2) is 0 Å². The number of fused-ring (bicyclic) bond motifs is 1. The lowest BCUT2D eigenvalue weighted by Gasteiger charge is -2.25. The van der Waals surface area contributed by atoms with Gasteiger partial charge in [-0.2, -0.15) is 0 Å². The molecule has 0 saturated heterocycles. The highest BCUT2D eigenvalue weighted by atomic mass is 16.1. The van der Waals surface area contributed by atoms with Crippen molar-refractivity contribution in [3.05, 3.63) is 42.0 Å². The molecular formula is C18H21NO. The third-order valence-corrected chi connectivity index (χ3v) is 4.57. The molecule has 0 amide bonds. The molecule has 0 heterocycles. The normalized spacial score (nSPS) is 22.9. The van der Waals surface area contributed by atoms with E-state index < -0.39 is 0 Å². The summed E-state index contributed by atoms with van der Waals surface area (Å²) in [5.41, 5.74) is 7.43. The van der Waals surface area contributed by atoms with Crippen molar-refractivity contribution in [1.82, 2.24) is 0 Å². The number of nitrogen functional groups attached to an aromatic ring is 1. The molecule has 104 valence electrons. The summed E-state index contributed by atoms with van der Waals surface area (Å²) in [4.78, 5) is 12.7. The number of carbonyl (C=O) groups is 1. The summed E-state index contributed by atoms with van der Waals surface area (Å²) >= 11 is 0. The lowest BCUT2D eigenvalue weighted by atomic mass is 9.79. The Morgan fingerprint density at radius 2 is 1.65 bits per heavy atom. The van der Waals surface area contributed by atoms with Crippen LogP contribution in [0.1, 0.15) is 43.0 Å². The Balaban J connectivity index is 1.93. The van der Waals surface area contributed by atoms with Gasteiger partial charge in [-0.15, -0.1) is 0 Å². The predicted molar refractivity (Wildman–Crippen MR) is 83.8 cm³/mol. The molecule has 2 N–H and O–H groups in total. The number of anilines is 1. The smallest absolute Gasteiger partial charge is 0.168 e. The second-order valence-electron chi connectivity index (χ2n) is 6.11. The van der Waals surface area contributed by atoms with Gasteiger partial charge in [0.1, 0.15) is 0 Å². The molecule has 20 heavy (non-hydrogen) atoms. The number of hydrogen-bond donors (Lipinski definition) is 1. The highest BCUT2D eigenvalue weighted by Crippen LogP contribution is 2.33. The van der Waals surface area contributed by atoms with Crippen LogP contribution in [0.15, 0.2) is 36.4 Å². The number of Topliss-reactive ketones (excluding diaryl/α,β-unsaturated/α-hetero) is 1. The molecule has 1 aliphatic rings. The van der Waals surface area contributed by atoms with Crippen molar-refractivity contribution in [2.75, 3.05) is 5.73 Å². The van der Waals surface area contributed by atoms with E-state index in [1.807, 2.05) is 36.4 Å². The second-order valence-corrected chi connectivity index (χ2v) is 6.11. The first-order valence-electron chi connectivity index (χ1n) is 7.47. The number of carbonyl (C=O) groups excluding carboxylic acids is 1. The predicted octanol–water partition coefficient (Wildman–Crippen LogP) is 4.43. The van der Waals surface area contributed by atoms with Gasteiger partial charge in [0.2, 0.25) is 0 Å². The fraction of sp³-hybridized carbons (Fsp3) is 0.389. The molecule has 1 fully saturated rings. The van der Waals surface area contributed by atoms with Crippen molar-refractivity contribution in [2.24, 2.45) is 11.8 Å². The number of benzene rings is 2. The highest BCUT2D eigenvalue weighted by molar-refractivity contribution is 6.06. The first kappa shape index (κ1) is 13.2. The zero-order valence-electron chi connectivity index (χ0n) is 11.9. The zero-order chi connectivity index (χ0) is 14.1. The summed E-state index contributed by atoms with van der Waals surface area (Å²) in [5, 5.41) is 2.19. The van der Waals surface area contributed by atoms with Gasteiger partial charge in [0.05, 0.1) is 0 Å². The average Bonchev–Trinajstić information content (AvgIpc) is 2.46. The molecule has 2 aromatic rings. The van der Waals surface area contributed by atoms with E-state index in [0.29, 0.717) is 11.3 Å². The minimum atomic E-state index is 0.162. The topological polar surface area (TPSA) is 43.1 Å². The van der Waals surface area contributed by atoms with E-state index in [2.05, 4.69) is 6.92 Å². The summed E-state index contributed by atoms with van der Waals surface area (Å²) in [5.74, 6) is 1.16. The third kappa shape index (κ3) is 2.43. The summed E-state index contributed by atoms with van der Waals surface area (Å²) < 4.78 is 0. The summed E-state index contributed by atoms with van der Waals surface area (Å²) in [7, 11) is 0. The molecule has 0 atom stereocenters. The van der Waals surface area contributed by atoms with E-state index in [0.717, 1.165) is 42.4 Å². The van der Waals surface area contributed by atoms with E-state index in [-0.39, 0.29) is 11.7 Å². The largest absolute Gasteiger partial charge is 0.398 e. The highest BCUT2D eigenvalue weighted by Gasteiger charge is 2.26. The van der Waals surface area contributed by atoms with Crippen LogP contribution in [0, 0.1) is 11.8 Å². The van der Waals surface area contributed by atoms with Crippen LogP contribution in [0.2, 0.25) is 0 Å². The first-order valence-corrected chi connectivity index (χ1v) is 7.47. The molecule has 0 aromatic heterocycles. The SMILES string of the molecule is CC1CCC(C(=O)c2cc3ccccc3cc2N)CC1. The maximum atomic E-state index is 12.7. The Morgan fingerprint density at radius 1 is 1.05 bits per heavy atom. The third-order valence-electron chi connectivity index (χ3n) is 4.57. The standard InChI is InChI=1S/C18H21NO/c1-12-6-8-13(9-7-12)18(20)16-10-14-4-2-3-5-15(14)11-17(16)19/h2-5,10-13H,6-9,19H2,1H3. The van der Waals surface area contributed by atoms with Gasteiger partial charge in [0, 0.05) is 17.2 Å².